The molecule has 3 amide bonds. The molecule has 0 aliphatic carbocycles. The summed E-state index contributed by atoms with van der Waals surface area (Å²) in [4.78, 5) is 40.3. The number of carbonyl (C=O) groups excluding carboxylic acids is 3. The van der Waals surface area contributed by atoms with Crippen LogP contribution in [0.4, 0.5) is 10.1 Å². The number of aromatic nitrogens is 1. The molecule has 0 radical (unpaired) electrons. The summed E-state index contributed by atoms with van der Waals surface area (Å²) in [5.74, 6) is -1.65. The first kappa shape index (κ1) is 25.9. The van der Waals surface area contributed by atoms with Gasteiger partial charge >= 0.3 is 0 Å². The molecular formula is C24H28FN5O4S. The van der Waals surface area contributed by atoms with Gasteiger partial charge in [0.05, 0.1) is 5.69 Å². The molecule has 35 heavy (non-hydrogen) atoms. The van der Waals surface area contributed by atoms with Crippen molar-refractivity contribution in [2.45, 2.75) is 52.2 Å². The van der Waals surface area contributed by atoms with Crippen LogP contribution in [0.5, 0.6) is 0 Å². The van der Waals surface area contributed by atoms with Crippen LogP contribution >= 0.6 is 11.5 Å². The topological polar surface area (TPSA) is 145 Å². The number of hydrogen-bond acceptors (Lipinski definition) is 7. The second-order valence-corrected chi connectivity index (χ2v) is 9.55. The molecule has 186 valence electrons. The third kappa shape index (κ3) is 5.86. The Morgan fingerprint density at radius 1 is 1.20 bits per heavy atom. The van der Waals surface area contributed by atoms with Crippen molar-refractivity contribution in [3.05, 3.63) is 69.9 Å². The van der Waals surface area contributed by atoms with Gasteiger partial charge in [-0.05, 0) is 68.6 Å². The first-order valence-corrected chi connectivity index (χ1v) is 11.7. The zero-order valence-corrected chi connectivity index (χ0v) is 20.7. The van der Waals surface area contributed by atoms with Crippen LogP contribution in [0.15, 0.2) is 40.8 Å². The van der Waals surface area contributed by atoms with E-state index in [9.17, 15) is 18.8 Å². The fourth-order valence-corrected chi connectivity index (χ4v) is 4.10. The van der Waals surface area contributed by atoms with Crippen molar-refractivity contribution in [3.63, 3.8) is 0 Å². The van der Waals surface area contributed by atoms with Gasteiger partial charge in [-0.15, -0.1) is 0 Å². The predicted molar refractivity (Wildman–Crippen MR) is 130 cm³/mol. The lowest BCUT2D eigenvalue weighted by Crippen LogP contribution is -2.50. The number of furan rings is 1. The van der Waals surface area contributed by atoms with Gasteiger partial charge in [-0.3, -0.25) is 14.4 Å². The highest BCUT2D eigenvalue weighted by Gasteiger charge is 2.38. The molecule has 9 nitrogen and oxygen atoms in total. The Kier molecular flexibility index (Phi) is 7.59. The molecule has 0 bridgehead atoms. The average molecular weight is 502 g/mol. The quantitative estimate of drug-likeness (QED) is 0.409. The summed E-state index contributed by atoms with van der Waals surface area (Å²) in [6, 6.07) is 7.66. The monoisotopic (exact) mass is 501 g/mol. The van der Waals surface area contributed by atoms with E-state index in [4.69, 9.17) is 15.9 Å². The number of nitrogens with one attached hydrogen (secondary N) is 1. The number of nitrogen functional groups attached to an aromatic ring is 1. The second-order valence-electron chi connectivity index (χ2n) is 8.78. The maximum atomic E-state index is 13.8. The van der Waals surface area contributed by atoms with E-state index in [2.05, 4.69) is 9.69 Å². The Labute approximate surface area is 206 Å². The molecule has 3 rings (SSSR count). The van der Waals surface area contributed by atoms with Crippen LogP contribution in [0, 0.1) is 12.7 Å². The third-order valence-electron chi connectivity index (χ3n) is 5.62. The molecule has 0 unspecified atom stereocenters. The molecule has 1 atom stereocenters. The first-order valence-electron chi connectivity index (χ1n) is 10.9. The smallest absolute Gasteiger partial charge is 0.270 e. The lowest BCUT2D eigenvalue weighted by atomic mass is 10.0. The number of anilines is 1. The molecule has 0 saturated carbocycles. The van der Waals surface area contributed by atoms with E-state index < -0.39 is 35.1 Å². The van der Waals surface area contributed by atoms with E-state index in [0.29, 0.717) is 29.3 Å². The number of nitrogens with zero attached hydrogens (tertiary/aromatic N) is 2. The molecule has 0 spiro atoms. The predicted octanol–water partition coefficient (Wildman–Crippen LogP) is 3.55. The summed E-state index contributed by atoms with van der Waals surface area (Å²) < 4.78 is 23.2. The molecule has 0 aliphatic heterocycles. The van der Waals surface area contributed by atoms with Gasteiger partial charge in [0.25, 0.3) is 17.7 Å². The van der Waals surface area contributed by atoms with E-state index in [1.54, 1.807) is 19.1 Å². The number of nitrogens with two attached hydrogens (primary N) is 2. The van der Waals surface area contributed by atoms with E-state index >= 15 is 0 Å². The highest BCUT2D eigenvalue weighted by Crippen LogP contribution is 2.31. The Balaban J connectivity index is 2.13. The van der Waals surface area contributed by atoms with Crippen LogP contribution in [0.3, 0.4) is 0 Å². The van der Waals surface area contributed by atoms with Gasteiger partial charge in [0, 0.05) is 12.1 Å². The zero-order valence-electron chi connectivity index (χ0n) is 19.9. The van der Waals surface area contributed by atoms with Crippen LogP contribution < -0.4 is 16.8 Å². The van der Waals surface area contributed by atoms with Crippen molar-refractivity contribution in [2.24, 2.45) is 5.73 Å². The summed E-state index contributed by atoms with van der Waals surface area (Å²) in [5, 5.41) is 2.96. The van der Waals surface area contributed by atoms with E-state index in [1.165, 1.54) is 29.2 Å². The van der Waals surface area contributed by atoms with E-state index in [-0.39, 0.29) is 28.6 Å². The van der Waals surface area contributed by atoms with Gasteiger partial charge in [-0.1, -0.05) is 19.1 Å². The van der Waals surface area contributed by atoms with Gasteiger partial charge in [-0.2, -0.15) is 4.37 Å². The van der Waals surface area contributed by atoms with Crippen molar-refractivity contribution in [2.75, 3.05) is 5.73 Å². The van der Waals surface area contributed by atoms with Gasteiger partial charge in [0.15, 0.2) is 11.7 Å². The number of carbonyl (C=O) groups is 3. The molecule has 0 aliphatic rings. The van der Waals surface area contributed by atoms with Gasteiger partial charge in [0.2, 0.25) is 0 Å². The molecule has 11 heteroatoms. The average Bonchev–Trinajstić information content (AvgIpc) is 3.39. The Hall–Kier alpha value is -3.73. The first-order chi connectivity index (χ1) is 16.4. The van der Waals surface area contributed by atoms with E-state index in [0.717, 1.165) is 0 Å². The van der Waals surface area contributed by atoms with Gasteiger partial charge in [-0.25, -0.2) is 4.39 Å². The van der Waals surface area contributed by atoms with Crippen molar-refractivity contribution < 1.29 is 23.2 Å². The fourth-order valence-electron chi connectivity index (χ4n) is 3.34. The minimum Gasteiger partial charge on any atom is -0.464 e. The summed E-state index contributed by atoms with van der Waals surface area (Å²) >= 11 is 0.712. The maximum absolute atomic E-state index is 13.8. The number of amides is 3. The second kappa shape index (κ2) is 10.3. The third-order valence-corrected chi connectivity index (χ3v) is 6.47. The van der Waals surface area contributed by atoms with Crippen molar-refractivity contribution in [1.29, 1.82) is 0 Å². The summed E-state index contributed by atoms with van der Waals surface area (Å²) in [7, 11) is 0. The minimum absolute atomic E-state index is 0.0447. The number of primary amides is 1. The SMILES string of the molecule is CCC(C)(C)NC(=O)[C@@H](c1ccc(C)o1)N(Cc1ccc(F)cc1)C(=O)c1snc(C(N)=O)c1N. The maximum Gasteiger partial charge on any atom is 0.270 e. The van der Waals surface area contributed by atoms with Gasteiger partial charge in [0.1, 0.15) is 22.2 Å². The number of rotatable bonds is 9. The number of benzene rings is 1. The number of hydrogen-bond donors (Lipinski definition) is 3. The summed E-state index contributed by atoms with van der Waals surface area (Å²) in [6.07, 6.45) is 0.637. The molecule has 5 N–H and O–H groups in total. The molecule has 1 aromatic carbocycles. The Morgan fingerprint density at radius 3 is 2.37 bits per heavy atom. The lowest BCUT2D eigenvalue weighted by molar-refractivity contribution is -0.128. The highest BCUT2D eigenvalue weighted by atomic mass is 32.1. The zero-order chi connectivity index (χ0) is 25.9. The molecule has 2 heterocycles. The fraction of sp³-hybridized carbons (Fsp3) is 0.333. The van der Waals surface area contributed by atoms with Crippen molar-refractivity contribution in [3.8, 4) is 0 Å². The normalized spacial score (nSPS) is 12.3. The van der Waals surface area contributed by atoms with Crippen molar-refractivity contribution >= 4 is 34.9 Å². The number of aryl methyl sites for hydroxylation is 1. The van der Waals surface area contributed by atoms with Crippen molar-refractivity contribution in [1.82, 2.24) is 14.6 Å². The molecule has 0 saturated heterocycles. The molecule has 0 fully saturated rings. The molecular weight excluding hydrogens is 473 g/mol. The Morgan fingerprint density at radius 2 is 1.86 bits per heavy atom. The van der Waals surface area contributed by atoms with Crippen LogP contribution in [0.25, 0.3) is 0 Å². The Bertz CT molecular complexity index is 1240. The van der Waals surface area contributed by atoms with Crippen LogP contribution in [0.1, 0.15) is 70.5 Å². The van der Waals surface area contributed by atoms with Crippen LogP contribution in [0.2, 0.25) is 0 Å². The number of halogens is 1. The van der Waals surface area contributed by atoms with E-state index in [1.807, 2.05) is 20.8 Å². The lowest BCUT2D eigenvalue weighted by Gasteiger charge is -2.33. The largest absolute Gasteiger partial charge is 0.464 e. The standard InChI is InChI=1S/C24H28FN5O4S/c1-5-24(3,4)28-22(32)19(16-11-6-13(2)34-16)30(12-14-7-9-15(25)10-8-14)23(33)20-17(26)18(21(27)31)29-35-20/h6-11,19H,5,12,26H2,1-4H3,(H2,27,31)(H,28,32)/t19-/m1/s1. The minimum atomic E-state index is -1.19. The molecule has 3 aromatic rings. The van der Waals surface area contributed by atoms with Gasteiger partial charge < -0.3 is 26.1 Å². The summed E-state index contributed by atoms with van der Waals surface area (Å²) in [6.45, 7) is 7.30. The summed E-state index contributed by atoms with van der Waals surface area (Å²) in [5.41, 5.74) is 11.0. The highest BCUT2D eigenvalue weighted by molar-refractivity contribution is 7.09. The van der Waals surface area contributed by atoms with Crippen LogP contribution in [-0.4, -0.2) is 32.5 Å². The van der Waals surface area contributed by atoms with Crippen LogP contribution in [-0.2, 0) is 11.3 Å². The molecule has 2 aromatic heterocycles.